The molecule has 2 nitrogen and oxygen atoms in total. The summed E-state index contributed by atoms with van der Waals surface area (Å²) in [5, 5.41) is 2.36. The molecule has 0 fully saturated rings. The van der Waals surface area contributed by atoms with Crippen molar-refractivity contribution < 1.29 is 4.79 Å². The molecule has 2 aromatic rings. The van der Waals surface area contributed by atoms with E-state index in [1.54, 1.807) is 6.20 Å². The van der Waals surface area contributed by atoms with Crippen LogP contribution in [0.25, 0.3) is 10.8 Å². The van der Waals surface area contributed by atoms with E-state index in [1.165, 1.54) is 0 Å². The maximum atomic E-state index is 11.4. The molecular weight excluding hydrogens is 322 g/mol. The Morgan fingerprint density at radius 2 is 2.07 bits per heavy atom. The Kier molecular flexibility index (Phi) is 3.17. The summed E-state index contributed by atoms with van der Waals surface area (Å²) in [6, 6.07) is 7.70. The standard InChI is InChI=1S/C11H7Br2NO/c12-5-11(15)10-4-7-1-2-9(13)3-8(7)6-14-10/h1-4,6H,5H2. The Morgan fingerprint density at radius 1 is 1.27 bits per heavy atom. The minimum Gasteiger partial charge on any atom is -0.291 e. The molecular formula is C11H7Br2NO. The summed E-state index contributed by atoms with van der Waals surface area (Å²) in [5.74, 6) is -0.000168. The van der Waals surface area contributed by atoms with Gasteiger partial charge >= 0.3 is 0 Å². The summed E-state index contributed by atoms with van der Waals surface area (Å²) in [6.45, 7) is 0. The molecule has 76 valence electrons. The lowest BCUT2D eigenvalue weighted by Gasteiger charge is -2.00. The average Bonchev–Trinajstić information content (AvgIpc) is 2.27. The average molecular weight is 329 g/mol. The Hall–Kier alpha value is -0.740. The van der Waals surface area contributed by atoms with E-state index >= 15 is 0 Å². The normalized spacial score (nSPS) is 10.5. The van der Waals surface area contributed by atoms with Crippen molar-refractivity contribution in [1.82, 2.24) is 4.98 Å². The van der Waals surface area contributed by atoms with Crippen molar-refractivity contribution in [3.8, 4) is 0 Å². The lowest BCUT2D eigenvalue weighted by molar-refractivity contribution is 0.101. The molecule has 1 heterocycles. The largest absolute Gasteiger partial charge is 0.291 e. The van der Waals surface area contributed by atoms with Crippen LogP contribution in [0.4, 0.5) is 0 Å². The summed E-state index contributed by atoms with van der Waals surface area (Å²) in [4.78, 5) is 15.5. The van der Waals surface area contributed by atoms with Gasteiger partial charge in [-0.2, -0.15) is 0 Å². The zero-order valence-electron chi connectivity index (χ0n) is 7.71. The summed E-state index contributed by atoms with van der Waals surface area (Å²) in [7, 11) is 0. The Balaban J connectivity index is 2.57. The second-order valence-electron chi connectivity index (χ2n) is 3.12. The highest BCUT2D eigenvalue weighted by molar-refractivity contribution is 9.10. The molecule has 0 bridgehead atoms. The Morgan fingerprint density at radius 3 is 2.80 bits per heavy atom. The van der Waals surface area contributed by atoms with E-state index in [2.05, 4.69) is 36.8 Å². The van der Waals surface area contributed by atoms with Gasteiger partial charge in [-0.3, -0.25) is 9.78 Å². The Labute approximate surface area is 104 Å². The molecule has 1 aromatic heterocycles. The number of halogens is 2. The van der Waals surface area contributed by atoms with Crippen LogP contribution in [0.3, 0.4) is 0 Å². The highest BCUT2D eigenvalue weighted by atomic mass is 79.9. The van der Waals surface area contributed by atoms with E-state index < -0.39 is 0 Å². The van der Waals surface area contributed by atoms with Crippen molar-refractivity contribution >= 4 is 48.4 Å². The second-order valence-corrected chi connectivity index (χ2v) is 4.59. The predicted molar refractivity (Wildman–Crippen MR) is 67.6 cm³/mol. The van der Waals surface area contributed by atoms with Gasteiger partial charge in [0, 0.05) is 16.1 Å². The van der Waals surface area contributed by atoms with E-state index in [4.69, 9.17) is 0 Å². The van der Waals surface area contributed by atoms with Crippen molar-refractivity contribution in [2.75, 3.05) is 5.33 Å². The molecule has 0 radical (unpaired) electrons. The summed E-state index contributed by atoms with van der Waals surface area (Å²) in [6.07, 6.45) is 1.72. The number of Topliss-reactive ketones (excluding diaryl/α,β-unsaturated/α-hetero) is 1. The molecule has 0 unspecified atom stereocenters. The Bertz CT molecular complexity index is 525. The van der Waals surface area contributed by atoms with Gasteiger partial charge in [0.25, 0.3) is 0 Å². The van der Waals surface area contributed by atoms with E-state index in [9.17, 15) is 4.79 Å². The number of hydrogen-bond acceptors (Lipinski definition) is 2. The van der Waals surface area contributed by atoms with Gasteiger partial charge < -0.3 is 0 Å². The molecule has 0 aliphatic rings. The number of ketones is 1. The van der Waals surface area contributed by atoms with E-state index in [0.717, 1.165) is 15.2 Å². The fraction of sp³-hybridized carbons (Fsp3) is 0.0909. The summed E-state index contributed by atoms with van der Waals surface area (Å²) < 4.78 is 1.01. The molecule has 2 rings (SSSR count). The fourth-order valence-corrected chi connectivity index (χ4v) is 2.00. The van der Waals surface area contributed by atoms with Gasteiger partial charge in [0.15, 0.2) is 5.78 Å². The van der Waals surface area contributed by atoms with Crippen molar-refractivity contribution in [1.29, 1.82) is 0 Å². The number of carbonyl (C=O) groups excluding carboxylic acids is 1. The van der Waals surface area contributed by atoms with Crippen LogP contribution in [-0.4, -0.2) is 16.1 Å². The van der Waals surface area contributed by atoms with E-state index in [-0.39, 0.29) is 5.78 Å². The molecule has 4 heteroatoms. The van der Waals surface area contributed by atoms with Crippen LogP contribution < -0.4 is 0 Å². The molecule has 0 spiro atoms. The van der Waals surface area contributed by atoms with Gasteiger partial charge in [-0.25, -0.2) is 0 Å². The van der Waals surface area contributed by atoms with E-state index in [1.807, 2.05) is 24.3 Å². The number of nitrogens with zero attached hydrogens (tertiary/aromatic N) is 1. The molecule has 0 saturated heterocycles. The zero-order chi connectivity index (χ0) is 10.8. The van der Waals surface area contributed by atoms with Gasteiger partial charge in [0.2, 0.25) is 0 Å². The van der Waals surface area contributed by atoms with Gasteiger partial charge in [-0.1, -0.05) is 37.9 Å². The molecule has 15 heavy (non-hydrogen) atoms. The second kappa shape index (κ2) is 4.41. The monoisotopic (exact) mass is 327 g/mol. The fourth-order valence-electron chi connectivity index (χ4n) is 1.33. The van der Waals surface area contributed by atoms with Crippen LogP contribution >= 0.6 is 31.9 Å². The van der Waals surface area contributed by atoms with E-state index in [0.29, 0.717) is 11.0 Å². The van der Waals surface area contributed by atoms with Crippen molar-refractivity contribution in [3.63, 3.8) is 0 Å². The number of fused-ring (bicyclic) bond motifs is 1. The number of benzene rings is 1. The van der Waals surface area contributed by atoms with Crippen LogP contribution in [0.2, 0.25) is 0 Å². The summed E-state index contributed by atoms with van der Waals surface area (Å²) >= 11 is 6.52. The minimum atomic E-state index is -0.000168. The van der Waals surface area contributed by atoms with Gasteiger partial charge in [-0.15, -0.1) is 0 Å². The number of hydrogen-bond donors (Lipinski definition) is 0. The van der Waals surface area contributed by atoms with Gasteiger partial charge in [0.05, 0.1) is 5.33 Å². The first-order valence-electron chi connectivity index (χ1n) is 4.35. The molecule has 0 N–H and O–H groups in total. The molecule has 0 atom stereocenters. The third-order valence-electron chi connectivity index (χ3n) is 2.09. The van der Waals surface area contributed by atoms with Gasteiger partial charge in [-0.05, 0) is 23.6 Å². The third kappa shape index (κ3) is 2.26. The molecule has 0 saturated carbocycles. The lowest BCUT2D eigenvalue weighted by atomic mass is 10.1. The summed E-state index contributed by atoms with van der Waals surface area (Å²) in [5.41, 5.74) is 0.502. The molecule has 0 aliphatic carbocycles. The van der Waals surface area contributed by atoms with Gasteiger partial charge in [0.1, 0.15) is 5.69 Å². The molecule has 0 aliphatic heterocycles. The SMILES string of the molecule is O=C(CBr)c1cc2ccc(Br)cc2cn1. The first-order valence-corrected chi connectivity index (χ1v) is 6.26. The third-order valence-corrected chi connectivity index (χ3v) is 3.09. The van der Waals surface area contributed by atoms with Crippen LogP contribution in [-0.2, 0) is 0 Å². The van der Waals surface area contributed by atoms with Crippen LogP contribution in [0.15, 0.2) is 34.9 Å². The van der Waals surface area contributed by atoms with Crippen molar-refractivity contribution in [3.05, 3.63) is 40.6 Å². The minimum absolute atomic E-state index is 0.000168. The van der Waals surface area contributed by atoms with Crippen LogP contribution in [0, 0.1) is 0 Å². The number of alkyl halides is 1. The van der Waals surface area contributed by atoms with Crippen LogP contribution in [0.1, 0.15) is 10.5 Å². The predicted octanol–water partition coefficient (Wildman–Crippen LogP) is 3.57. The highest BCUT2D eigenvalue weighted by Gasteiger charge is 2.06. The first kappa shape index (κ1) is 10.8. The molecule has 1 aromatic carbocycles. The smallest absolute Gasteiger partial charge is 0.191 e. The maximum Gasteiger partial charge on any atom is 0.191 e. The number of carbonyl (C=O) groups is 1. The maximum absolute atomic E-state index is 11.4. The van der Waals surface area contributed by atoms with Crippen molar-refractivity contribution in [2.24, 2.45) is 0 Å². The topological polar surface area (TPSA) is 30.0 Å². The zero-order valence-corrected chi connectivity index (χ0v) is 10.9. The molecule has 0 amide bonds. The first-order chi connectivity index (χ1) is 7.20. The number of pyridine rings is 1. The number of aromatic nitrogens is 1. The van der Waals surface area contributed by atoms with Crippen molar-refractivity contribution in [2.45, 2.75) is 0 Å². The number of rotatable bonds is 2. The quantitative estimate of drug-likeness (QED) is 0.623. The van der Waals surface area contributed by atoms with Crippen LogP contribution in [0.5, 0.6) is 0 Å². The highest BCUT2D eigenvalue weighted by Crippen LogP contribution is 2.19. The lowest BCUT2D eigenvalue weighted by Crippen LogP contribution is -2.02.